The van der Waals surface area contributed by atoms with Crippen LogP contribution in [-0.4, -0.2) is 22.9 Å². The molecule has 0 fully saturated rings. The van der Waals surface area contributed by atoms with Gasteiger partial charge in [0, 0.05) is 23.9 Å². The van der Waals surface area contributed by atoms with Crippen molar-refractivity contribution in [3.63, 3.8) is 0 Å². The molecular formula is C16H19N5. The van der Waals surface area contributed by atoms with Gasteiger partial charge in [0.1, 0.15) is 18.0 Å². The van der Waals surface area contributed by atoms with E-state index in [0.717, 1.165) is 35.6 Å². The van der Waals surface area contributed by atoms with E-state index in [0.29, 0.717) is 0 Å². The zero-order valence-corrected chi connectivity index (χ0v) is 12.1. The number of fused-ring (bicyclic) bond motifs is 1. The fraction of sp³-hybridized carbons (Fsp3) is 0.312. The van der Waals surface area contributed by atoms with Gasteiger partial charge in [-0.25, -0.2) is 9.97 Å². The molecule has 0 unspecified atom stereocenters. The Morgan fingerprint density at radius 1 is 1.19 bits per heavy atom. The third-order valence-corrected chi connectivity index (χ3v) is 3.98. The summed E-state index contributed by atoms with van der Waals surface area (Å²) in [7, 11) is 1.97. The normalized spacial score (nSPS) is 13.6. The van der Waals surface area contributed by atoms with E-state index in [9.17, 15) is 0 Å². The van der Waals surface area contributed by atoms with Crippen LogP contribution in [0, 0.1) is 5.41 Å². The highest BCUT2D eigenvalue weighted by Gasteiger charge is 2.20. The third kappa shape index (κ3) is 2.46. The number of hydrogen-bond acceptors (Lipinski definition) is 4. The summed E-state index contributed by atoms with van der Waals surface area (Å²) in [6.07, 6.45) is 6.03. The number of hydrogen-bond donors (Lipinski definition) is 2. The van der Waals surface area contributed by atoms with Gasteiger partial charge in [-0.1, -0.05) is 12.1 Å². The summed E-state index contributed by atoms with van der Waals surface area (Å²) >= 11 is 0. The van der Waals surface area contributed by atoms with Crippen LogP contribution in [0.5, 0.6) is 0 Å². The second-order valence-corrected chi connectivity index (χ2v) is 5.32. The van der Waals surface area contributed by atoms with Crippen molar-refractivity contribution in [1.29, 1.82) is 5.41 Å². The number of aryl methyl sites for hydroxylation is 1. The molecule has 3 N–H and O–H groups in total. The number of benzene rings is 1. The lowest BCUT2D eigenvalue weighted by Gasteiger charge is -2.26. The van der Waals surface area contributed by atoms with E-state index in [1.807, 2.05) is 36.2 Å². The summed E-state index contributed by atoms with van der Waals surface area (Å²) in [5.74, 6) is 0.994. The first-order valence-electron chi connectivity index (χ1n) is 7.18. The first-order chi connectivity index (χ1) is 10.2. The standard InChI is InChI=1S/C16H19N5/c1-21(14-9-5-3-7-12(14)15(17)18)16-11-6-2-4-8-13(11)19-10-20-16/h3,5,7,9-10H,2,4,6,8H2,1H3,(H3,17,18). The molecule has 0 aliphatic heterocycles. The minimum Gasteiger partial charge on any atom is -0.384 e. The van der Waals surface area contributed by atoms with E-state index in [-0.39, 0.29) is 5.84 Å². The molecule has 1 aliphatic carbocycles. The van der Waals surface area contributed by atoms with Gasteiger partial charge < -0.3 is 10.6 Å². The molecule has 0 bridgehead atoms. The monoisotopic (exact) mass is 281 g/mol. The van der Waals surface area contributed by atoms with E-state index in [2.05, 4.69) is 9.97 Å². The number of amidine groups is 1. The van der Waals surface area contributed by atoms with Crippen molar-refractivity contribution in [1.82, 2.24) is 9.97 Å². The third-order valence-electron chi connectivity index (χ3n) is 3.98. The summed E-state index contributed by atoms with van der Waals surface area (Å²) < 4.78 is 0. The molecule has 0 amide bonds. The average molecular weight is 281 g/mol. The number of nitrogen functional groups attached to an aromatic ring is 1. The van der Waals surface area contributed by atoms with Gasteiger partial charge in [0.05, 0.1) is 5.69 Å². The van der Waals surface area contributed by atoms with E-state index < -0.39 is 0 Å². The van der Waals surface area contributed by atoms with Gasteiger partial charge in [0.25, 0.3) is 0 Å². The molecule has 21 heavy (non-hydrogen) atoms. The predicted molar refractivity (Wildman–Crippen MR) is 84.2 cm³/mol. The Balaban J connectivity index is 2.07. The molecule has 5 heteroatoms. The first-order valence-corrected chi connectivity index (χ1v) is 7.18. The minimum absolute atomic E-state index is 0.0698. The highest BCUT2D eigenvalue weighted by Crippen LogP contribution is 2.32. The highest BCUT2D eigenvalue weighted by atomic mass is 15.2. The molecule has 1 heterocycles. The van der Waals surface area contributed by atoms with E-state index in [1.54, 1.807) is 6.33 Å². The van der Waals surface area contributed by atoms with E-state index in [1.165, 1.54) is 18.4 Å². The van der Waals surface area contributed by atoms with Crippen molar-refractivity contribution >= 4 is 17.3 Å². The second kappa shape index (κ2) is 5.52. The number of nitrogens with two attached hydrogens (primary N) is 1. The summed E-state index contributed by atoms with van der Waals surface area (Å²) in [5, 5.41) is 7.74. The number of aromatic nitrogens is 2. The molecule has 2 aromatic rings. The topological polar surface area (TPSA) is 78.9 Å². The quantitative estimate of drug-likeness (QED) is 0.669. The van der Waals surface area contributed by atoms with Crippen LogP contribution in [0.3, 0.4) is 0 Å². The molecule has 0 saturated carbocycles. The second-order valence-electron chi connectivity index (χ2n) is 5.32. The predicted octanol–water partition coefficient (Wildman–Crippen LogP) is 2.41. The summed E-state index contributed by atoms with van der Waals surface area (Å²) in [4.78, 5) is 10.9. The first kappa shape index (κ1) is 13.5. The molecule has 0 radical (unpaired) electrons. The number of rotatable bonds is 3. The Morgan fingerprint density at radius 3 is 2.76 bits per heavy atom. The highest BCUT2D eigenvalue weighted by molar-refractivity contribution is 6.01. The van der Waals surface area contributed by atoms with Crippen LogP contribution >= 0.6 is 0 Å². The van der Waals surface area contributed by atoms with E-state index in [4.69, 9.17) is 11.1 Å². The van der Waals surface area contributed by atoms with Crippen molar-refractivity contribution < 1.29 is 0 Å². The van der Waals surface area contributed by atoms with Gasteiger partial charge in [-0.3, -0.25) is 5.41 Å². The van der Waals surface area contributed by atoms with E-state index >= 15 is 0 Å². The van der Waals surface area contributed by atoms with Crippen molar-refractivity contribution in [2.45, 2.75) is 25.7 Å². The van der Waals surface area contributed by atoms with Crippen LogP contribution in [0.25, 0.3) is 0 Å². The van der Waals surface area contributed by atoms with Crippen LogP contribution < -0.4 is 10.6 Å². The van der Waals surface area contributed by atoms with Crippen LogP contribution in [-0.2, 0) is 12.8 Å². The lowest BCUT2D eigenvalue weighted by molar-refractivity contribution is 0.661. The Bertz CT molecular complexity index is 680. The Kier molecular flexibility index (Phi) is 3.56. The molecule has 0 spiro atoms. The van der Waals surface area contributed by atoms with Crippen LogP contribution in [0.4, 0.5) is 11.5 Å². The number of anilines is 2. The smallest absolute Gasteiger partial charge is 0.139 e. The van der Waals surface area contributed by atoms with Gasteiger partial charge in [0.2, 0.25) is 0 Å². The van der Waals surface area contributed by atoms with Crippen LogP contribution in [0.2, 0.25) is 0 Å². The Labute approximate surface area is 124 Å². The van der Waals surface area contributed by atoms with Crippen molar-refractivity contribution in [3.05, 3.63) is 47.4 Å². The molecule has 1 aromatic heterocycles. The molecule has 0 saturated heterocycles. The largest absolute Gasteiger partial charge is 0.384 e. The van der Waals surface area contributed by atoms with Crippen molar-refractivity contribution in [2.75, 3.05) is 11.9 Å². The fourth-order valence-corrected chi connectivity index (χ4v) is 2.90. The van der Waals surface area contributed by atoms with Crippen LogP contribution in [0.1, 0.15) is 29.7 Å². The summed E-state index contributed by atoms with van der Waals surface area (Å²) in [6.45, 7) is 0. The zero-order valence-electron chi connectivity index (χ0n) is 12.1. The molecule has 1 aliphatic rings. The van der Waals surface area contributed by atoms with Gasteiger partial charge in [-0.05, 0) is 37.8 Å². The number of nitrogens with one attached hydrogen (secondary N) is 1. The Hall–Kier alpha value is -2.43. The maximum absolute atomic E-state index is 7.74. The minimum atomic E-state index is 0.0698. The lowest BCUT2D eigenvalue weighted by Crippen LogP contribution is -2.21. The maximum Gasteiger partial charge on any atom is 0.139 e. The number of para-hydroxylation sites is 1. The molecule has 1 aromatic carbocycles. The zero-order chi connectivity index (χ0) is 14.8. The Morgan fingerprint density at radius 2 is 1.95 bits per heavy atom. The van der Waals surface area contributed by atoms with Gasteiger partial charge >= 0.3 is 0 Å². The molecule has 108 valence electrons. The van der Waals surface area contributed by atoms with Gasteiger partial charge in [-0.2, -0.15) is 0 Å². The van der Waals surface area contributed by atoms with Crippen LogP contribution in [0.15, 0.2) is 30.6 Å². The molecule has 3 rings (SSSR count). The molecule has 5 nitrogen and oxygen atoms in total. The number of nitrogens with zero attached hydrogens (tertiary/aromatic N) is 3. The summed E-state index contributed by atoms with van der Waals surface area (Å²) in [5.41, 5.74) is 9.69. The molecular weight excluding hydrogens is 262 g/mol. The van der Waals surface area contributed by atoms with Gasteiger partial charge in [0.15, 0.2) is 0 Å². The van der Waals surface area contributed by atoms with Crippen molar-refractivity contribution in [2.24, 2.45) is 5.73 Å². The average Bonchev–Trinajstić information content (AvgIpc) is 2.53. The maximum atomic E-state index is 7.74. The SMILES string of the molecule is CN(c1ccccc1C(=N)N)c1ncnc2c1CCCC2. The fourth-order valence-electron chi connectivity index (χ4n) is 2.90. The lowest BCUT2D eigenvalue weighted by atomic mass is 9.96. The summed E-state index contributed by atoms with van der Waals surface area (Å²) in [6, 6.07) is 7.67. The van der Waals surface area contributed by atoms with Crippen molar-refractivity contribution in [3.8, 4) is 0 Å². The van der Waals surface area contributed by atoms with Gasteiger partial charge in [-0.15, -0.1) is 0 Å². The molecule has 0 atom stereocenters.